The van der Waals surface area contributed by atoms with Gasteiger partial charge in [-0.2, -0.15) is 13.2 Å². The van der Waals surface area contributed by atoms with E-state index in [0.29, 0.717) is 12.8 Å². The van der Waals surface area contributed by atoms with Crippen LogP contribution in [0.2, 0.25) is 0 Å². The summed E-state index contributed by atoms with van der Waals surface area (Å²) in [7, 11) is 0. The fourth-order valence-corrected chi connectivity index (χ4v) is 3.12. The molecule has 2 rings (SSSR count). The van der Waals surface area contributed by atoms with Gasteiger partial charge in [-0.15, -0.1) is 0 Å². The Balaban J connectivity index is 1.92. The van der Waals surface area contributed by atoms with E-state index in [1.807, 2.05) is 0 Å². The molecule has 0 aromatic heterocycles. The maximum Gasteiger partial charge on any atom is 0.391 e. The number of piperidine rings is 1. The van der Waals surface area contributed by atoms with E-state index in [0.717, 1.165) is 19.3 Å². The third-order valence-corrected chi connectivity index (χ3v) is 4.42. The number of likely N-dealkylation sites (tertiary alicyclic amines) is 1. The van der Waals surface area contributed by atoms with Gasteiger partial charge in [0.05, 0.1) is 11.5 Å². The monoisotopic (exact) mass is 278 g/mol. The van der Waals surface area contributed by atoms with Crippen molar-refractivity contribution in [2.45, 2.75) is 56.7 Å². The third-order valence-electron chi connectivity index (χ3n) is 4.42. The summed E-state index contributed by atoms with van der Waals surface area (Å²) < 4.78 is 37.7. The zero-order chi connectivity index (χ0) is 14.1. The Hall–Kier alpha value is -0.780. The molecule has 1 saturated carbocycles. The van der Waals surface area contributed by atoms with Gasteiger partial charge >= 0.3 is 6.18 Å². The minimum atomic E-state index is -4.14. The van der Waals surface area contributed by atoms with Crippen molar-refractivity contribution in [3.63, 3.8) is 0 Å². The highest BCUT2D eigenvalue weighted by molar-refractivity contribution is 5.86. The lowest BCUT2D eigenvalue weighted by Gasteiger charge is -2.40. The highest BCUT2D eigenvalue weighted by Crippen LogP contribution is 2.35. The SMILES string of the molecule is NC1(C(=O)N2CCC(C(F)(F)F)CC2)CCCCC1. The molecule has 110 valence electrons. The van der Waals surface area contributed by atoms with Crippen molar-refractivity contribution in [1.29, 1.82) is 0 Å². The molecule has 0 bridgehead atoms. The van der Waals surface area contributed by atoms with E-state index in [4.69, 9.17) is 5.73 Å². The van der Waals surface area contributed by atoms with Gasteiger partial charge in [-0.3, -0.25) is 4.79 Å². The Kier molecular flexibility index (Phi) is 4.08. The summed E-state index contributed by atoms with van der Waals surface area (Å²) in [6.45, 7) is 0.365. The van der Waals surface area contributed by atoms with E-state index in [1.165, 1.54) is 4.90 Å². The number of alkyl halides is 3. The van der Waals surface area contributed by atoms with Crippen molar-refractivity contribution in [3.8, 4) is 0 Å². The molecule has 1 aliphatic heterocycles. The summed E-state index contributed by atoms with van der Waals surface area (Å²) >= 11 is 0. The van der Waals surface area contributed by atoms with Crippen molar-refractivity contribution in [2.75, 3.05) is 13.1 Å². The van der Waals surface area contributed by atoms with Gasteiger partial charge in [0, 0.05) is 13.1 Å². The van der Waals surface area contributed by atoms with Gasteiger partial charge in [0.15, 0.2) is 0 Å². The Morgan fingerprint density at radius 3 is 2.11 bits per heavy atom. The molecule has 0 unspecified atom stereocenters. The Morgan fingerprint density at radius 1 is 1.11 bits per heavy atom. The molecule has 1 aliphatic carbocycles. The first-order valence-corrected chi connectivity index (χ1v) is 6.98. The van der Waals surface area contributed by atoms with Crippen molar-refractivity contribution in [2.24, 2.45) is 11.7 Å². The Morgan fingerprint density at radius 2 is 1.63 bits per heavy atom. The molecule has 3 nitrogen and oxygen atoms in total. The van der Waals surface area contributed by atoms with E-state index in [1.54, 1.807) is 0 Å². The van der Waals surface area contributed by atoms with Crippen LogP contribution >= 0.6 is 0 Å². The first-order valence-electron chi connectivity index (χ1n) is 6.98. The second-order valence-corrected chi connectivity index (χ2v) is 5.82. The molecule has 6 heteroatoms. The molecule has 19 heavy (non-hydrogen) atoms. The van der Waals surface area contributed by atoms with Crippen LogP contribution in [0, 0.1) is 5.92 Å². The fraction of sp³-hybridized carbons (Fsp3) is 0.923. The van der Waals surface area contributed by atoms with E-state index in [-0.39, 0.29) is 31.8 Å². The molecule has 2 N–H and O–H groups in total. The van der Waals surface area contributed by atoms with Crippen LogP contribution in [0.15, 0.2) is 0 Å². The lowest BCUT2D eigenvalue weighted by molar-refractivity contribution is -0.187. The number of nitrogens with zero attached hydrogens (tertiary/aromatic N) is 1. The average Bonchev–Trinajstić information content (AvgIpc) is 2.38. The molecule has 0 aromatic carbocycles. The molecule has 2 aliphatic rings. The number of amides is 1. The highest BCUT2D eigenvalue weighted by Gasteiger charge is 2.44. The van der Waals surface area contributed by atoms with Crippen LogP contribution in [0.1, 0.15) is 44.9 Å². The Bertz CT molecular complexity index is 329. The number of halogens is 3. The largest absolute Gasteiger partial charge is 0.391 e. The van der Waals surface area contributed by atoms with Gasteiger partial charge in [-0.25, -0.2) is 0 Å². The summed E-state index contributed by atoms with van der Waals surface area (Å²) in [4.78, 5) is 13.9. The number of nitrogens with two attached hydrogens (primary N) is 1. The van der Waals surface area contributed by atoms with E-state index >= 15 is 0 Å². The van der Waals surface area contributed by atoms with E-state index in [2.05, 4.69) is 0 Å². The summed E-state index contributed by atoms with van der Waals surface area (Å²) in [5.41, 5.74) is 5.31. The molecule has 1 heterocycles. The van der Waals surface area contributed by atoms with Gasteiger partial charge in [0.1, 0.15) is 0 Å². The molecule has 0 radical (unpaired) electrons. The number of hydrogen-bond acceptors (Lipinski definition) is 2. The molecule has 0 atom stereocenters. The van der Waals surface area contributed by atoms with Crippen molar-refractivity contribution >= 4 is 5.91 Å². The molecule has 1 amide bonds. The minimum absolute atomic E-state index is 0.00528. The smallest absolute Gasteiger partial charge is 0.341 e. The number of hydrogen-bond donors (Lipinski definition) is 1. The summed E-state index contributed by atoms with van der Waals surface area (Å²) in [6, 6.07) is 0. The predicted octanol–water partition coefficient (Wildman–Crippen LogP) is 2.45. The standard InChI is InChI=1S/C13H21F3N2O/c14-13(15,16)10-4-8-18(9-5-10)11(19)12(17)6-2-1-3-7-12/h10H,1-9,17H2. The molecule has 2 fully saturated rings. The van der Waals surface area contributed by atoms with Crippen LogP contribution < -0.4 is 5.73 Å². The summed E-state index contributed by atoms with van der Waals surface area (Å²) in [5, 5.41) is 0. The van der Waals surface area contributed by atoms with Gasteiger partial charge in [-0.1, -0.05) is 19.3 Å². The third kappa shape index (κ3) is 3.22. The van der Waals surface area contributed by atoms with Crippen LogP contribution in [-0.2, 0) is 4.79 Å². The van der Waals surface area contributed by atoms with Crippen LogP contribution in [0.25, 0.3) is 0 Å². The Labute approximate surface area is 111 Å². The average molecular weight is 278 g/mol. The van der Waals surface area contributed by atoms with Gasteiger partial charge in [-0.05, 0) is 25.7 Å². The van der Waals surface area contributed by atoms with Crippen LogP contribution in [0.3, 0.4) is 0 Å². The van der Waals surface area contributed by atoms with Crippen LogP contribution in [-0.4, -0.2) is 35.6 Å². The molecule has 1 saturated heterocycles. The summed E-state index contributed by atoms with van der Waals surface area (Å²) in [5.74, 6) is -1.41. The topological polar surface area (TPSA) is 46.3 Å². The minimum Gasteiger partial charge on any atom is -0.341 e. The maximum absolute atomic E-state index is 12.6. The number of carbonyl (C=O) groups excluding carboxylic acids is 1. The lowest BCUT2D eigenvalue weighted by Crippen LogP contribution is -2.58. The zero-order valence-electron chi connectivity index (χ0n) is 11.0. The first-order chi connectivity index (χ1) is 8.83. The van der Waals surface area contributed by atoms with Gasteiger partial charge < -0.3 is 10.6 Å². The molecule has 0 aromatic rings. The molecular formula is C13H21F3N2O. The van der Waals surface area contributed by atoms with E-state index in [9.17, 15) is 18.0 Å². The lowest BCUT2D eigenvalue weighted by atomic mass is 9.81. The zero-order valence-corrected chi connectivity index (χ0v) is 11.0. The van der Waals surface area contributed by atoms with Gasteiger partial charge in [0.25, 0.3) is 0 Å². The molecule has 0 spiro atoms. The predicted molar refractivity (Wildman–Crippen MR) is 65.4 cm³/mol. The van der Waals surface area contributed by atoms with Crippen LogP contribution in [0.5, 0.6) is 0 Å². The highest BCUT2D eigenvalue weighted by atomic mass is 19.4. The first kappa shape index (κ1) is 14.6. The second-order valence-electron chi connectivity index (χ2n) is 5.82. The normalized spacial score (nSPS) is 25.4. The number of rotatable bonds is 1. The molecular weight excluding hydrogens is 257 g/mol. The quantitative estimate of drug-likeness (QED) is 0.801. The summed E-state index contributed by atoms with van der Waals surface area (Å²) in [6.07, 6.45) is 0.137. The second kappa shape index (κ2) is 5.31. The van der Waals surface area contributed by atoms with Crippen molar-refractivity contribution < 1.29 is 18.0 Å². The van der Waals surface area contributed by atoms with Crippen molar-refractivity contribution in [1.82, 2.24) is 4.90 Å². The van der Waals surface area contributed by atoms with Gasteiger partial charge in [0.2, 0.25) is 5.91 Å². The number of carbonyl (C=O) groups is 1. The van der Waals surface area contributed by atoms with Crippen molar-refractivity contribution in [3.05, 3.63) is 0 Å². The van der Waals surface area contributed by atoms with E-state index < -0.39 is 17.6 Å². The van der Waals surface area contributed by atoms with Crippen LogP contribution in [0.4, 0.5) is 13.2 Å². The maximum atomic E-state index is 12.6. The fourth-order valence-electron chi connectivity index (χ4n) is 3.12.